The molecule has 0 aliphatic heterocycles. The third-order valence-electron chi connectivity index (χ3n) is 1.52. The fourth-order valence-corrected chi connectivity index (χ4v) is 2.02. The van der Waals surface area contributed by atoms with Gasteiger partial charge in [0, 0.05) is 12.2 Å². The number of aryl methyl sites for hydroxylation is 1. The van der Waals surface area contributed by atoms with E-state index in [1.165, 1.54) is 0 Å². The number of halogens is 1. The molecule has 0 radical (unpaired) electrons. The second-order valence-corrected chi connectivity index (χ2v) is 5.68. The average Bonchev–Trinajstić information content (AvgIpc) is 1.97. The molecule has 0 bridgehead atoms. The summed E-state index contributed by atoms with van der Waals surface area (Å²) in [6.07, 6.45) is 1.14. The van der Waals surface area contributed by atoms with Gasteiger partial charge in [-0.1, -0.05) is 0 Å². The zero-order valence-corrected chi connectivity index (χ0v) is 10.3. The molecule has 0 aromatic carbocycles. The number of hydrogen-bond acceptors (Lipinski definition) is 3. The molecule has 0 aliphatic carbocycles. The Morgan fingerprint density at radius 2 is 2.14 bits per heavy atom. The first-order valence-corrected chi connectivity index (χ1v) is 6.63. The van der Waals surface area contributed by atoms with Gasteiger partial charge in [0.1, 0.15) is 4.60 Å². The number of hydrogen-bond donors (Lipinski definition) is 1. The van der Waals surface area contributed by atoms with Crippen molar-refractivity contribution in [2.45, 2.75) is 13.5 Å². The van der Waals surface area contributed by atoms with Crippen LogP contribution in [0.5, 0.6) is 0 Å². The first-order valence-electron chi connectivity index (χ1n) is 3.94. The SMILES string of the molecule is Cc1cc(CNS(C)(=O)=O)cc(Br)n1. The minimum absolute atomic E-state index is 0.292. The van der Waals surface area contributed by atoms with E-state index >= 15 is 0 Å². The fraction of sp³-hybridized carbons (Fsp3) is 0.375. The van der Waals surface area contributed by atoms with Crippen LogP contribution < -0.4 is 4.72 Å². The summed E-state index contributed by atoms with van der Waals surface area (Å²) in [5.74, 6) is 0. The minimum atomic E-state index is -3.13. The molecule has 0 spiro atoms. The van der Waals surface area contributed by atoms with Crippen LogP contribution in [0.4, 0.5) is 0 Å². The smallest absolute Gasteiger partial charge is 0.209 e. The number of rotatable bonds is 3. The molecule has 78 valence electrons. The molecule has 0 atom stereocenters. The van der Waals surface area contributed by atoms with Gasteiger partial charge in [-0.3, -0.25) is 0 Å². The number of pyridine rings is 1. The normalized spacial score (nSPS) is 11.6. The van der Waals surface area contributed by atoms with Gasteiger partial charge in [-0.25, -0.2) is 18.1 Å². The maximum Gasteiger partial charge on any atom is 0.209 e. The Bertz CT molecular complexity index is 411. The van der Waals surface area contributed by atoms with Crippen molar-refractivity contribution in [3.05, 3.63) is 28.0 Å². The highest BCUT2D eigenvalue weighted by molar-refractivity contribution is 9.10. The van der Waals surface area contributed by atoms with Gasteiger partial charge in [0.2, 0.25) is 10.0 Å². The number of aromatic nitrogens is 1. The Balaban J connectivity index is 2.78. The highest BCUT2D eigenvalue weighted by atomic mass is 79.9. The van der Waals surface area contributed by atoms with Gasteiger partial charge >= 0.3 is 0 Å². The third kappa shape index (κ3) is 4.17. The van der Waals surface area contributed by atoms with Crippen molar-refractivity contribution in [3.8, 4) is 0 Å². The van der Waals surface area contributed by atoms with Gasteiger partial charge in [0.05, 0.1) is 6.26 Å². The van der Waals surface area contributed by atoms with Crippen LogP contribution in [0.1, 0.15) is 11.3 Å². The molecule has 0 saturated carbocycles. The summed E-state index contributed by atoms with van der Waals surface area (Å²) in [6, 6.07) is 3.62. The number of nitrogens with zero attached hydrogens (tertiary/aromatic N) is 1. The van der Waals surface area contributed by atoms with Gasteiger partial charge in [-0.05, 0) is 40.5 Å². The van der Waals surface area contributed by atoms with E-state index in [2.05, 4.69) is 25.6 Å². The van der Waals surface area contributed by atoms with Crippen LogP contribution in [0.2, 0.25) is 0 Å². The van der Waals surface area contributed by atoms with Crippen molar-refractivity contribution >= 4 is 26.0 Å². The lowest BCUT2D eigenvalue weighted by atomic mass is 10.2. The molecule has 0 aliphatic rings. The summed E-state index contributed by atoms with van der Waals surface area (Å²) in [7, 11) is -3.13. The Labute approximate surface area is 91.9 Å². The van der Waals surface area contributed by atoms with Crippen LogP contribution in [-0.4, -0.2) is 19.7 Å². The van der Waals surface area contributed by atoms with Crippen molar-refractivity contribution in [1.29, 1.82) is 0 Å². The van der Waals surface area contributed by atoms with E-state index < -0.39 is 10.0 Å². The molecule has 14 heavy (non-hydrogen) atoms. The first kappa shape index (κ1) is 11.6. The van der Waals surface area contributed by atoms with Gasteiger partial charge in [0.15, 0.2) is 0 Å². The summed E-state index contributed by atoms with van der Waals surface area (Å²) in [5, 5.41) is 0. The van der Waals surface area contributed by atoms with Crippen molar-refractivity contribution in [2.24, 2.45) is 0 Å². The lowest BCUT2D eigenvalue weighted by molar-refractivity contribution is 0.587. The first-order chi connectivity index (χ1) is 6.37. The lowest BCUT2D eigenvalue weighted by Crippen LogP contribution is -2.21. The summed E-state index contributed by atoms with van der Waals surface area (Å²) >= 11 is 3.25. The van der Waals surface area contributed by atoms with E-state index in [4.69, 9.17) is 0 Å². The monoisotopic (exact) mass is 278 g/mol. The Hall–Kier alpha value is -0.460. The van der Waals surface area contributed by atoms with Crippen LogP contribution in [0.25, 0.3) is 0 Å². The topological polar surface area (TPSA) is 59.1 Å². The zero-order valence-electron chi connectivity index (χ0n) is 7.91. The van der Waals surface area contributed by atoms with E-state index in [-0.39, 0.29) is 0 Å². The molecule has 1 heterocycles. The van der Waals surface area contributed by atoms with Crippen molar-refractivity contribution in [3.63, 3.8) is 0 Å². The van der Waals surface area contributed by atoms with Gasteiger partial charge < -0.3 is 0 Å². The average molecular weight is 279 g/mol. The minimum Gasteiger partial charge on any atom is -0.246 e. The summed E-state index contributed by atoms with van der Waals surface area (Å²) in [6.45, 7) is 2.15. The predicted molar refractivity (Wildman–Crippen MR) is 58.4 cm³/mol. The number of sulfonamides is 1. The van der Waals surface area contributed by atoms with Crippen LogP contribution in [-0.2, 0) is 16.6 Å². The highest BCUT2D eigenvalue weighted by Gasteiger charge is 2.02. The maximum atomic E-state index is 10.8. The van der Waals surface area contributed by atoms with Crippen LogP contribution in [0, 0.1) is 6.92 Å². The van der Waals surface area contributed by atoms with E-state index in [0.717, 1.165) is 17.5 Å². The van der Waals surface area contributed by atoms with E-state index in [1.54, 1.807) is 6.07 Å². The van der Waals surface area contributed by atoms with Crippen molar-refractivity contribution in [1.82, 2.24) is 9.71 Å². The molecule has 0 saturated heterocycles. The molecule has 0 fully saturated rings. The summed E-state index contributed by atoms with van der Waals surface area (Å²) < 4.78 is 24.8. The molecule has 1 aromatic rings. The molecule has 6 heteroatoms. The molecule has 0 amide bonds. The molecule has 0 unspecified atom stereocenters. The largest absolute Gasteiger partial charge is 0.246 e. The quantitative estimate of drug-likeness (QED) is 0.846. The summed E-state index contributed by atoms with van der Waals surface area (Å²) in [5.41, 5.74) is 1.74. The van der Waals surface area contributed by atoms with Crippen LogP contribution in [0.3, 0.4) is 0 Å². The van der Waals surface area contributed by atoms with E-state index in [1.807, 2.05) is 13.0 Å². The Kier molecular flexibility index (Phi) is 3.63. The van der Waals surface area contributed by atoms with Gasteiger partial charge in [0.25, 0.3) is 0 Å². The van der Waals surface area contributed by atoms with E-state index in [0.29, 0.717) is 11.1 Å². The molecule has 1 N–H and O–H groups in total. The van der Waals surface area contributed by atoms with Crippen LogP contribution >= 0.6 is 15.9 Å². The van der Waals surface area contributed by atoms with E-state index in [9.17, 15) is 8.42 Å². The summed E-state index contributed by atoms with van der Waals surface area (Å²) in [4.78, 5) is 4.12. The lowest BCUT2D eigenvalue weighted by Gasteiger charge is -2.04. The Morgan fingerprint density at radius 3 is 2.64 bits per heavy atom. The van der Waals surface area contributed by atoms with Gasteiger partial charge in [-0.2, -0.15) is 0 Å². The third-order valence-corrected chi connectivity index (χ3v) is 2.60. The fourth-order valence-electron chi connectivity index (χ4n) is 1.01. The van der Waals surface area contributed by atoms with Crippen molar-refractivity contribution in [2.75, 3.05) is 6.26 Å². The Morgan fingerprint density at radius 1 is 1.50 bits per heavy atom. The maximum absolute atomic E-state index is 10.8. The van der Waals surface area contributed by atoms with Gasteiger partial charge in [-0.15, -0.1) is 0 Å². The van der Waals surface area contributed by atoms with Crippen LogP contribution in [0.15, 0.2) is 16.7 Å². The molecule has 4 nitrogen and oxygen atoms in total. The van der Waals surface area contributed by atoms with Crippen molar-refractivity contribution < 1.29 is 8.42 Å². The zero-order chi connectivity index (χ0) is 10.8. The second-order valence-electron chi connectivity index (χ2n) is 3.03. The standard InChI is InChI=1S/C8H11BrN2O2S/c1-6-3-7(4-8(9)11-6)5-10-14(2,12)13/h3-4,10H,5H2,1-2H3. The molecule has 1 aromatic heterocycles. The molecule has 1 rings (SSSR count). The second kappa shape index (κ2) is 4.37. The predicted octanol–water partition coefficient (Wildman–Crippen LogP) is 1.20. The molecular weight excluding hydrogens is 268 g/mol. The number of nitrogens with one attached hydrogen (secondary N) is 1. The molecular formula is C8H11BrN2O2S. The highest BCUT2D eigenvalue weighted by Crippen LogP contribution is 2.10.